The molecule has 4 heterocycles. The second-order valence-electron chi connectivity index (χ2n) is 7.97. The standard InChI is InChI=1S/C28H18N4/c1-2-8-19(9-3-1)31-24-15-14-20(18-22(24)28-26(31)13-7-17-30-28)32-23-11-5-4-10-21(23)27-25(32)12-6-16-29-27/h1-18H. The number of nitrogens with zero attached hydrogens (tertiary/aromatic N) is 4. The minimum absolute atomic E-state index is 1.01. The van der Waals surface area contributed by atoms with E-state index in [1.807, 2.05) is 30.6 Å². The first kappa shape index (κ1) is 17.3. The molecule has 0 aliphatic rings. The Bertz CT molecular complexity index is 1720. The van der Waals surface area contributed by atoms with Gasteiger partial charge in [0.25, 0.3) is 0 Å². The van der Waals surface area contributed by atoms with E-state index < -0.39 is 0 Å². The molecule has 0 saturated heterocycles. The van der Waals surface area contributed by atoms with Gasteiger partial charge in [0.1, 0.15) is 0 Å². The van der Waals surface area contributed by atoms with E-state index in [9.17, 15) is 0 Å². The van der Waals surface area contributed by atoms with Crippen LogP contribution in [0.4, 0.5) is 0 Å². The lowest BCUT2D eigenvalue weighted by molar-refractivity contribution is 1.16. The monoisotopic (exact) mass is 410 g/mol. The Kier molecular flexibility index (Phi) is 3.52. The molecule has 0 N–H and O–H groups in total. The zero-order chi connectivity index (χ0) is 21.1. The van der Waals surface area contributed by atoms with Crippen molar-refractivity contribution in [1.82, 2.24) is 19.1 Å². The number of hydrogen-bond donors (Lipinski definition) is 0. The van der Waals surface area contributed by atoms with E-state index in [0.29, 0.717) is 0 Å². The number of pyridine rings is 2. The van der Waals surface area contributed by atoms with Crippen molar-refractivity contribution in [2.45, 2.75) is 0 Å². The molecule has 4 aromatic heterocycles. The molecule has 32 heavy (non-hydrogen) atoms. The summed E-state index contributed by atoms with van der Waals surface area (Å²) in [5.41, 5.74) is 8.78. The van der Waals surface area contributed by atoms with Gasteiger partial charge in [-0.25, -0.2) is 0 Å². The van der Waals surface area contributed by atoms with Gasteiger partial charge in [-0.05, 0) is 60.7 Å². The first-order valence-electron chi connectivity index (χ1n) is 10.7. The molecule has 0 aliphatic heterocycles. The minimum Gasteiger partial charge on any atom is -0.308 e. The van der Waals surface area contributed by atoms with Crippen molar-refractivity contribution in [1.29, 1.82) is 0 Å². The lowest BCUT2D eigenvalue weighted by atomic mass is 10.2. The first-order valence-corrected chi connectivity index (χ1v) is 10.7. The molecule has 150 valence electrons. The van der Waals surface area contributed by atoms with Gasteiger partial charge in [0, 0.05) is 34.5 Å². The number of rotatable bonds is 2. The van der Waals surface area contributed by atoms with Gasteiger partial charge in [-0.3, -0.25) is 9.97 Å². The highest BCUT2D eigenvalue weighted by atomic mass is 15.0. The van der Waals surface area contributed by atoms with E-state index in [0.717, 1.165) is 55.2 Å². The predicted molar refractivity (Wildman–Crippen MR) is 131 cm³/mol. The molecule has 0 bridgehead atoms. The van der Waals surface area contributed by atoms with Crippen LogP contribution in [0, 0.1) is 0 Å². The Hall–Kier alpha value is -4.44. The average Bonchev–Trinajstić information content (AvgIpc) is 3.37. The van der Waals surface area contributed by atoms with Crippen LogP contribution >= 0.6 is 0 Å². The van der Waals surface area contributed by atoms with Gasteiger partial charge in [0.15, 0.2) is 0 Å². The van der Waals surface area contributed by atoms with Crippen molar-refractivity contribution in [3.8, 4) is 11.4 Å². The fraction of sp³-hybridized carbons (Fsp3) is 0. The van der Waals surface area contributed by atoms with E-state index >= 15 is 0 Å². The highest BCUT2D eigenvalue weighted by molar-refractivity contribution is 6.10. The topological polar surface area (TPSA) is 35.6 Å². The molecule has 0 saturated carbocycles. The van der Waals surface area contributed by atoms with Crippen LogP contribution < -0.4 is 0 Å². The van der Waals surface area contributed by atoms with Crippen molar-refractivity contribution in [2.75, 3.05) is 0 Å². The van der Waals surface area contributed by atoms with E-state index in [2.05, 4.69) is 93.0 Å². The average molecular weight is 410 g/mol. The first-order chi connectivity index (χ1) is 15.9. The van der Waals surface area contributed by atoms with Gasteiger partial charge in [-0.2, -0.15) is 0 Å². The minimum atomic E-state index is 1.01. The maximum atomic E-state index is 4.76. The highest BCUT2D eigenvalue weighted by Gasteiger charge is 2.16. The number of aromatic nitrogens is 4. The van der Waals surface area contributed by atoms with Crippen molar-refractivity contribution in [3.05, 3.63) is 109 Å². The molecular formula is C28H18N4. The van der Waals surface area contributed by atoms with Crippen molar-refractivity contribution < 1.29 is 0 Å². The summed E-state index contributed by atoms with van der Waals surface area (Å²) in [6, 6.07) is 33.8. The number of fused-ring (bicyclic) bond motifs is 6. The van der Waals surface area contributed by atoms with Crippen LogP contribution in [0.5, 0.6) is 0 Å². The second kappa shape index (κ2) is 6.53. The Labute approximate surface area is 184 Å². The molecule has 3 aromatic carbocycles. The number of benzene rings is 3. The lowest BCUT2D eigenvalue weighted by Crippen LogP contribution is -1.95. The fourth-order valence-electron chi connectivity index (χ4n) is 4.88. The van der Waals surface area contributed by atoms with E-state index in [1.165, 1.54) is 0 Å². The molecule has 4 nitrogen and oxygen atoms in total. The molecule has 0 radical (unpaired) electrons. The predicted octanol–water partition coefficient (Wildman–Crippen LogP) is 6.67. The van der Waals surface area contributed by atoms with Crippen molar-refractivity contribution in [2.24, 2.45) is 0 Å². The molecule has 0 aliphatic carbocycles. The molecular weight excluding hydrogens is 392 g/mol. The van der Waals surface area contributed by atoms with E-state index in [-0.39, 0.29) is 0 Å². The van der Waals surface area contributed by atoms with Crippen molar-refractivity contribution in [3.63, 3.8) is 0 Å². The largest absolute Gasteiger partial charge is 0.308 e. The zero-order valence-corrected chi connectivity index (χ0v) is 17.2. The summed E-state index contributed by atoms with van der Waals surface area (Å²) in [4.78, 5) is 9.43. The number of hydrogen-bond acceptors (Lipinski definition) is 2. The third-order valence-corrected chi connectivity index (χ3v) is 6.20. The van der Waals surface area contributed by atoms with Crippen molar-refractivity contribution >= 4 is 43.9 Å². The summed E-state index contributed by atoms with van der Waals surface area (Å²) < 4.78 is 4.58. The molecule has 0 amide bonds. The fourth-order valence-corrected chi connectivity index (χ4v) is 4.88. The smallest absolute Gasteiger partial charge is 0.0964 e. The molecule has 7 rings (SSSR count). The second-order valence-corrected chi connectivity index (χ2v) is 7.97. The zero-order valence-electron chi connectivity index (χ0n) is 17.2. The maximum Gasteiger partial charge on any atom is 0.0964 e. The van der Waals surface area contributed by atoms with Crippen LogP contribution in [0.3, 0.4) is 0 Å². The van der Waals surface area contributed by atoms with E-state index in [1.54, 1.807) is 0 Å². The van der Waals surface area contributed by atoms with Gasteiger partial charge < -0.3 is 9.13 Å². The van der Waals surface area contributed by atoms with Gasteiger partial charge in [0.05, 0.1) is 33.1 Å². The third-order valence-electron chi connectivity index (χ3n) is 6.20. The maximum absolute atomic E-state index is 4.76. The summed E-state index contributed by atoms with van der Waals surface area (Å²) in [5, 5.41) is 2.30. The normalized spacial score (nSPS) is 11.8. The SMILES string of the molecule is c1ccc(-n2c3ccc(-n4c5ccccc5c5ncccc54)cc3c3ncccc32)cc1. The Morgan fingerprint density at radius 3 is 1.81 bits per heavy atom. The Morgan fingerprint density at radius 1 is 0.438 bits per heavy atom. The molecule has 4 heteroatoms. The Morgan fingerprint density at radius 2 is 1.03 bits per heavy atom. The van der Waals surface area contributed by atoms with Crippen LogP contribution in [-0.4, -0.2) is 19.1 Å². The summed E-state index contributed by atoms with van der Waals surface area (Å²) in [6.07, 6.45) is 3.73. The van der Waals surface area contributed by atoms with E-state index in [4.69, 9.17) is 4.98 Å². The third kappa shape index (κ3) is 2.32. The van der Waals surface area contributed by atoms with Crippen LogP contribution in [0.15, 0.2) is 109 Å². The molecule has 0 atom stereocenters. The van der Waals surface area contributed by atoms with Crippen LogP contribution in [0.1, 0.15) is 0 Å². The van der Waals surface area contributed by atoms with Gasteiger partial charge in [0.2, 0.25) is 0 Å². The summed E-state index contributed by atoms with van der Waals surface area (Å²) in [6.45, 7) is 0. The van der Waals surface area contributed by atoms with Gasteiger partial charge in [-0.1, -0.05) is 36.4 Å². The lowest BCUT2D eigenvalue weighted by Gasteiger charge is -2.10. The quantitative estimate of drug-likeness (QED) is 0.319. The summed E-state index contributed by atoms with van der Waals surface area (Å²) in [7, 11) is 0. The molecule has 0 unspecified atom stereocenters. The molecule has 0 fully saturated rings. The molecule has 7 aromatic rings. The van der Waals surface area contributed by atoms with Crippen LogP contribution in [0.25, 0.3) is 55.2 Å². The summed E-state index contributed by atoms with van der Waals surface area (Å²) in [5.74, 6) is 0. The van der Waals surface area contributed by atoms with Crippen LogP contribution in [-0.2, 0) is 0 Å². The van der Waals surface area contributed by atoms with Gasteiger partial charge >= 0.3 is 0 Å². The Balaban J connectivity index is 1.59. The molecule has 0 spiro atoms. The number of para-hydroxylation sites is 2. The van der Waals surface area contributed by atoms with Gasteiger partial charge in [-0.15, -0.1) is 0 Å². The highest BCUT2D eigenvalue weighted by Crippen LogP contribution is 2.35. The summed E-state index contributed by atoms with van der Waals surface area (Å²) >= 11 is 0. The van der Waals surface area contributed by atoms with Crippen LogP contribution in [0.2, 0.25) is 0 Å².